The Labute approximate surface area is 126 Å². The Kier molecular flexibility index (Phi) is 3.16. The molecule has 0 saturated carbocycles. The fourth-order valence-corrected chi connectivity index (χ4v) is 2.95. The van der Waals surface area contributed by atoms with Crippen molar-refractivity contribution in [3.05, 3.63) is 47.1 Å². The van der Waals surface area contributed by atoms with Gasteiger partial charge in [-0.2, -0.15) is 0 Å². The Morgan fingerprint density at radius 3 is 2.86 bits per heavy atom. The van der Waals surface area contributed by atoms with Gasteiger partial charge < -0.3 is 19.6 Å². The minimum Gasteiger partial charge on any atom is -0.378 e. The van der Waals surface area contributed by atoms with Gasteiger partial charge in [0.05, 0.1) is 18.9 Å². The molecule has 0 unspecified atom stereocenters. The highest BCUT2D eigenvalue weighted by Gasteiger charge is 2.18. The van der Waals surface area contributed by atoms with E-state index < -0.39 is 0 Å². The monoisotopic (exact) mass is 296 g/mol. The summed E-state index contributed by atoms with van der Waals surface area (Å²) < 4.78 is 5.43. The van der Waals surface area contributed by atoms with E-state index in [1.807, 2.05) is 24.5 Å². The highest BCUT2D eigenvalue weighted by molar-refractivity contribution is 6.02. The molecule has 6 heteroatoms. The Bertz CT molecular complexity index is 862. The lowest BCUT2D eigenvalue weighted by Crippen LogP contribution is -2.36. The summed E-state index contributed by atoms with van der Waals surface area (Å²) in [6.45, 7) is 3.18. The van der Waals surface area contributed by atoms with Crippen LogP contribution in [0.15, 0.2) is 41.6 Å². The van der Waals surface area contributed by atoms with E-state index in [9.17, 15) is 4.79 Å². The molecule has 4 heterocycles. The van der Waals surface area contributed by atoms with Crippen LogP contribution in [0.25, 0.3) is 22.2 Å². The summed E-state index contributed by atoms with van der Waals surface area (Å²) in [4.78, 5) is 24.2. The second kappa shape index (κ2) is 5.31. The van der Waals surface area contributed by atoms with Gasteiger partial charge in [-0.1, -0.05) is 0 Å². The van der Waals surface area contributed by atoms with Crippen molar-refractivity contribution in [2.24, 2.45) is 0 Å². The molecule has 1 fully saturated rings. The average molecular weight is 296 g/mol. The first-order valence-electron chi connectivity index (χ1n) is 7.31. The first-order chi connectivity index (χ1) is 10.8. The molecule has 22 heavy (non-hydrogen) atoms. The van der Waals surface area contributed by atoms with Crippen LogP contribution in [0.2, 0.25) is 0 Å². The lowest BCUT2D eigenvalue weighted by molar-refractivity contribution is 0.123. The molecule has 0 bridgehead atoms. The number of ether oxygens (including phenoxy) is 1. The quantitative estimate of drug-likeness (QED) is 0.755. The Hall–Kier alpha value is -2.60. The summed E-state index contributed by atoms with van der Waals surface area (Å²) in [6, 6.07) is 5.54. The van der Waals surface area contributed by atoms with E-state index in [1.165, 1.54) is 0 Å². The Morgan fingerprint density at radius 1 is 1.18 bits per heavy atom. The van der Waals surface area contributed by atoms with Crippen LogP contribution in [0.4, 0.5) is 5.69 Å². The van der Waals surface area contributed by atoms with Crippen molar-refractivity contribution in [1.82, 2.24) is 15.0 Å². The van der Waals surface area contributed by atoms with Gasteiger partial charge in [0.15, 0.2) is 0 Å². The standard InChI is InChI=1S/C16H16N4O2/c21-14-9-11(1-3-17-14)12-10-19-16-15(12)13(2-4-18-16)20-5-7-22-8-6-20/h1-4,9-10H,5-8H2,(H,17,21)(H,18,19). The number of H-pyrrole nitrogens is 2. The van der Waals surface area contributed by atoms with E-state index in [0.29, 0.717) is 0 Å². The Morgan fingerprint density at radius 2 is 2.05 bits per heavy atom. The van der Waals surface area contributed by atoms with Crippen LogP contribution in [0.5, 0.6) is 0 Å². The summed E-state index contributed by atoms with van der Waals surface area (Å²) in [5.74, 6) is 0. The molecule has 2 N–H and O–H groups in total. The molecule has 3 aromatic rings. The molecular weight excluding hydrogens is 280 g/mol. The maximum atomic E-state index is 11.6. The van der Waals surface area contributed by atoms with Gasteiger partial charge in [-0.05, 0) is 17.7 Å². The van der Waals surface area contributed by atoms with Gasteiger partial charge in [-0.25, -0.2) is 4.98 Å². The van der Waals surface area contributed by atoms with E-state index in [0.717, 1.165) is 54.2 Å². The summed E-state index contributed by atoms with van der Waals surface area (Å²) >= 11 is 0. The highest BCUT2D eigenvalue weighted by atomic mass is 16.5. The summed E-state index contributed by atoms with van der Waals surface area (Å²) in [7, 11) is 0. The van der Waals surface area contributed by atoms with E-state index in [1.54, 1.807) is 12.3 Å². The fourth-order valence-electron chi connectivity index (χ4n) is 2.95. The lowest BCUT2D eigenvalue weighted by Gasteiger charge is -2.29. The zero-order valence-electron chi connectivity index (χ0n) is 12.0. The third-order valence-electron chi connectivity index (χ3n) is 3.99. The van der Waals surface area contributed by atoms with Crippen molar-refractivity contribution in [2.45, 2.75) is 0 Å². The number of hydrogen-bond donors (Lipinski definition) is 2. The summed E-state index contributed by atoms with van der Waals surface area (Å²) in [5.41, 5.74) is 3.74. The molecule has 6 nitrogen and oxygen atoms in total. The van der Waals surface area contributed by atoms with Crippen LogP contribution >= 0.6 is 0 Å². The minimum atomic E-state index is -0.108. The van der Waals surface area contributed by atoms with Crippen molar-refractivity contribution in [2.75, 3.05) is 31.2 Å². The lowest BCUT2D eigenvalue weighted by atomic mass is 10.1. The molecule has 0 aromatic carbocycles. The molecule has 1 aliphatic rings. The zero-order chi connectivity index (χ0) is 14.9. The van der Waals surface area contributed by atoms with Gasteiger partial charge >= 0.3 is 0 Å². The first-order valence-corrected chi connectivity index (χ1v) is 7.31. The molecule has 0 amide bonds. The van der Waals surface area contributed by atoms with Gasteiger partial charge in [0, 0.05) is 48.7 Å². The van der Waals surface area contributed by atoms with Crippen LogP contribution in [-0.2, 0) is 4.74 Å². The fraction of sp³-hybridized carbons (Fsp3) is 0.250. The van der Waals surface area contributed by atoms with Crippen molar-refractivity contribution in [3.63, 3.8) is 0 Å². The predicted molar refractivity (Wildman–Crippen MR) is 85.2 cm³/mol. The molecule has 1 aliphatic heterocycles. The number of pyridine rings is 2. The van der Waals surface area contributed by atoms with Crippen LogP contribution in [0, 0.1) is 0 Å². The van der Waals surface area contributed by atoms with Crippen molar-refractivity contribution in [1.29, 1.82) is 0 Å². The largest absolute Gasteiger partial charge is 0.378 e. The second-order valence-electron chi connectivity index (χ2n) is 5.30. The predicted octanol–water partition coefficient (Wildman–Crippen LogP) is 1.75. The third-order valence-corrected chi connectivity index (χ3v) is 3.99. The van der Waals surface area contributed by atoms with Crippen molar-refractivity contribution in [3.8, 4) is 11.1 Å². The SMILES string of the molecule is O=c1cc(-c2c[nH]c3nccc(N4CCOCC4)c23)cc[nH]1. The van der Waals surface area contributed by atoms with Crippen LogP contribution in [0.1, 0.15) is 0 Å². The van der Waals surface area contributed by atoms with E-state index in [-0.39, 0.29) is 5.56 Å². The van der Waals surface area contributed by atoms with Gasteiger partial charge in [-0.3, -0.25) is 4.79 Å². The van der Waals surface area contributed by atoms with Crippen molar-refractivity contribution >= 4 is 16.7 Å². The zero-order valence-corrected chi connectivity index (χ0v) is 12.0. The summed E-state index contributed by atoms with van der Waals surface area (Å²) in [6.07, 6.45) is 5.39. The molecule has 112 valence electrons. The molecular formula is C16H16N4O2. The number of nitrogens with zero attached hydrogens (tertiary/aromatic N) is 2. The number of nitrogens with one attached hydrogen (secondary N) is 2. The molecule has 0 aliphatic carbocycles. The normalized spacial score (nSPS) is 15.4. The third kappa shape index (κ3) is 2.17. The Balaban J connectivity index is 1.91. The minimum absolute atomic E-state index is 0.108. The molecule has 0 radical (unpaired) electrons. The van der Waals surface area contributed by atoms with Gasteiger partial charge in [0.1, 0.15) is 5.65 Å². The highest BCUT2D eigenvalue weighted by Crippen LogP contribution is 2.34. The molecule has 0 spiro atoms. The first kappa shape index (κ1) is 13.1. The number of rotatable bonds is 2. The van der Waals surface area contributed by atoms with Crippen molar-refractivity contribution < 1.29 is 4.74 Å². The summed E-state index contributed by atoms with van der Waals surface area (Å²) in [5, 5.41) is 1.05. The number of aromatic amines is 2. The maximum absolute atomic E-state index is 11.6. The van der Waals surface area contributed by atoms with E-state index >= 15 is 0 Å². The topological polar surface area (TPSA) is 74.0 Å². The number of fused-ring (bicyclic) bond motifs is 1. The molecule has 1 saturated heterocycles. The van der Waals surface area contributed by atoms with Crippen LogP contribution in [-0.4, -0.2) is 41.3 Å². The van der Waals surface area contributed by atoms with E-state index in [2.05, 4.69) is 19.9 Å². The average Bonchev–Trinajstić information content (AvgIpc) is 3.00. The number of hydrogen-bond acceptors (Lipinski definition) is 4. The molecule has 0 atom stereocenters. The molecule has 3 aromatic heterocycles. The number of morpholine rings is 1. The maximum Gasteiger partial charge on any atom is 0.248 e. The number of aromatic nitrogens is 3. The second-order valence-corrected chi connectivity index (χ2v) is 5.30. The van der Waals surface area contributed by atoms with Crippen LogP contribution in [0.3, 0.4) is 0 Å². The van der Waals surface area contributed by atoms with Gasteiger partial charge in [0.25, 0.3) is 0 Å². The smallest absolute Gasteiger partial charge is 0.248 e. The van der Waals surface area contributed by atoms with Gasteiger partial charge in [0.2, 0.25) is 5.56 Å². The van der Waals surface area contributed by atoms with Gasteiger partial charge in [-0.15, -0.1) is 0 Å². The molecule has 4 rings (SSSR count). The number of anilines is 1. The van der Waals surface area contributed by atoms with Crippen LogP contribution < -0.4 is 10.5 Å². The van der Waals surface area contributed by atoms with E-state index in [4.69, 9.17) is 4.74 Å².